The Hall–Kier alpha value is -1.82. The zero-order valence-electron chi connectivity index (χ0n) is 16.9. The minimum atomic E-state index is -0.420. The van der Waals surface area contributed by atoms with Crippen LogP contribution in [0.15, 0.2) is 24.3 Å². The Bertz CT molecular complexity index is 753. The van der Waals surface area contributed by atoms with Gasteiger partial charge >= 0.3 is 5.97 Å². The van der Waals surface area contributed by atoms with E-state index in [-0.39, 0.29) is 35.2 Å². The first kappa shape index (κ1) is 20.5. The van der Waals surface area contributed by atoms with Crippen LogP contribution in [0.2, 0.25) is 0 Å². The van der Waals surface area contributed by atoms with Crippen molar-refractivity contribution in [1.82, 2.24) is 0 Å². The Balaban J connectivity index is 1.16. The molecule has 1 amide bonds. The van der Waals surface area contributed by atoms with Crippen LogP contribution in [0.1, 0.15) is 44.1 Å². The topological polar surface area (TPSA) is 72.5 Å². The molecule has 0 saturated heterocycles. The number of thioether (sulfide) groups is 1. The summed E-state index contributed by atoms with van der Waals surface area (Å²) in [5.41, 5.74) is 1.64. The summed E-state index contributed by atoms with van der Waals surface area (Å²) in [5, 5.41) is 2.80. The standard InChI is InChI=1S/C23H29NO4S/c1-15-2-4-19(5-3-15)24-21(26)13-29-14-22(27)28-12-20(25)23-9-16-6-17(10-23)8-18(7-16)11-23/h2-5,16-18H,6-14H2,1H3,(H,24,26). The Morgan fingerprint density at radius 1 is 1.00 bits per heavy atom. The number of benzene rings is 1. The summed E-state index contributed by atoms with van der Waals surface area (Å²) in [6.07, 6.45) is 6.82. The van der Waals surface area contributed by atoms with Gasteiger partial charge in [-0.25, -0.2) is 0 Å². The molecule has 1 N–H and O–H groups in total. The van der Waals surface area contributed by atoms with Crippen molar-refractivity contribution in [3.8, 4) is 0 Å². The van der Waals surface area contributed by atoms with E-state index in [1.54, 1.807) is 0 Å². The van der Waals surface area contributed by atoms with Gasteiger partial charge in [0.25, 0.3) is 0 Å². The van der Waals surface area contributed by atoms with E-state index in [0.717, 1.165) is 30.5 Å². The third kappa shape index (κ3) is 4.85. The predicted octanol–water partition coefficient (Wildman–Crippen LogP) is 4.00. The minimum absolute atomic E-state index is 0.0788. The fraction of sp³-hybridized carbons (Fsp3) is 0.609. The summed E-state index contributed by atoms with van der Waals surface area (Å²) in [6.45, 7) is 1.88. The number of esters is 1. The van der Waals surface area contributed by atoms with Crippen LogP contribution in [0.5, 0.6) is 0 Å². The van der Waals surface area contributed by atoms with Crippen molar-refractivity contribution in [2.75, 3.05) is 23.4 Å². The van der Waals surface area contributed by atoms with Crippen molar-refractivity contribution in [2.45, 2.75) is 45.4 Å². The van der Waals surface area contributed by atoms with Gasteiger partial charge in [0.15, 0.2) is 12.4 Å². The van der Waals surface area contributed by atoms with Gasteiger partial charge in [0.05, 0.1) is 11.5 Å². The normalized spacial score (nSPS) is 29.5. The number of rotatable bonds is 8. The number of aryl methyl sites for hydroxylation is 1. The molecule has 0 aromatic heterocycles. The van der Waals surface area contributed by atoms with Crippen molar-refractivity contribution >= 4 is 35.1 Å². The number of hydrogen-bond donors (Lipinski definition) is 1. The highest BCUT2D eigenvalue weighted by Crippen LogP contribution is 2.60. The second-order valence-corrected chi connectivity index (χ2v) is 10.2. The summed E-state index contributed by atoms with van der Waals surface area (Å²) in [5.74, 6) is 1.89. The molecule has 1 aromatic carbocycles. The largest absolute Gasteiger partial charge is 0.457 e. The number of carbonyl (C=O) groups excluding carboxylic acids is 3. The first-order valence-electron chi connectivity index (χ1n) is 10.5. The molecule has 0 atom stereocenters. The lowest BCUT2D eigenvalue weighted by Gasteiger charge is -2.55. The van der Waals surface area contributed by atoms with Crippen molar-refractivity contribution in [2.24, 2.45) is 23.2 Å². The highest BCUT2D eigenvalue weighted by Gasteiger charge is 2.54. The molecule has 5 rings (SSSR count). The molecular weight excluding hydrogens is 386 g/mol. The molecule has 0 heterocycles. The predicted molar refractivity (Wildman–Crippen MR) is 114 cm³/mol. The van der Waals surface area contributed by atoms with Crippen LogP contribution in [0.4, 0.5) is 5.69 Å². The second-order valence-electron chi connectivity index (χ2n) is 9.19. The quantitative estimate of drug-likeness (QED) is 0.650. The molecule has 1 aromatic rings. The number of ether oxygens (including phenoxy) is 1. The van der Waals surface area contributed by atoms with Crippen LogP contribution in [-0.2, 0) is 19.1 Å². The lowest BCUT2D eigenvalue weighted by Crippen LogP contribution is -2.51. The van der Waals surface area contributed by atoms with Crippen molar-refractivity contribution < 1.29 is 19.1 Å². The molecule has 0 spiro atoms. The van der Waals surface area contributed by atoms with Gasteiger partial charge in [-0.2, -0.15) is 0 Å². The number of ketones is 1. The number of anilines is 1. The fourth-order valence-electron chi connectivity index (χ4n) is 5.85. The summed E-state index contributed by atoms with van der Waals surface area (Å²) in [6, 6.07) is 7.56. The van der Waals surface area contributed by atoms with Crippen molar-refractivity contribution in [3.63, 3.8) is 0 Å². The van der Waals surface area contributed by atoms with Crippen LogP contribution < -0.4 is 5.32 Å². The van der Waals surface area contributed by atoms with E-state index in [1.165, 1.54) is 31.0 Å². The third-order valence-corrected chi connectivity index (χ3v) is 7.69. The third-order valence-electron chi connectivity index (χ3n) is 6.78. The number of amides is 1. The van der Waals surface area contributed by atoms with Crippen molar-refractivity contribution in [1.29, 1.82) is 0 Å². The first-order valence-corrected chi connectivity index (χ1v) is 11.7. The Labute approximate surface area is 176 Å². The highest BCUT2D eigenvalue weighted by molar-refractivity contribution is 8.00. The smallest absolute Gasteiger partial charge is 0.316 e. The zero-order valence-corrected chi connectivity index (χ0v) is 17.8. The van der Waals surface area contributed by atoms with Gasteiger partial charge < -0.3 is 10.1 Å². The van der Waals surface area contributed by atoms with E-state index in [0.29, 0.717) is 17.8 Å². The maximum atomic E-state index is 12.9. The van der Waals surface area contributed by atoms with Gasteiger partial charge in [-0.1, -0.05) is 17.7 Å². The van der Waals surface area contributed by atoms with Gasteiger partial charge in [0.1, 0.15) is 0 Å². The second kappa shape index (κ2) is 8.50. The monoisotopic (exact) mass is 415 g/mol. The van der Waals surface area contributed by atoms with E-state index in [2.05, 4.69) is 5.32 Å². The van der Waals surface area contributed by atoms with Gasteiger partial charge in [-0.15, -0.1) is 11.8 Å². The van der Waals surface area contributed by atoms with E-state index >= 15 is 0 Å². The van der Waals surface area contributed by atoms with Crippen LogP contribution >= 0.6 is 11.8 Å². The molecule has 4 saturated carbocycles. The molecule has 0 unspecified atom stereocenters. The Morgan fingerprint density at radius 3 is 2.17 bits per heavy atom. The van der Waals surface area contributed by atoms with Crippen LogP contribution in [0.3, 0.4) is 0 Å². The average molecular weight is 416 g/mol. The summed E-state index contributed by atoms with van der Waals surface area (Å²) in [7, 11) is 0. The average Bonchev–Trinajstić information content (AvgIpc) is 2.67. The maximum Gasteiger partial charge on any atom is 0.316 e. The molecule has 156 valence electrons. The van der Waals surface area contributed by atoms with Gasteiger partial charge in [-0.05, 0) is 75.3 Å². The van der Waals surface area contributed by atoms with E-state index < -0.39 is 5.97 Å². The number of hydrogen-bond acceptors (Lipinski definition) is 5. The fourth-order valence-corrected chi connectivity index (χ4v) is 6.46. The van der Waals surface area contributed by atoms with Crippen LogP contribution in [-0.4, -0.2) is 35.8 Å². The molecule has 4 aliphatic carbocycles. The number of carbonyl (C=O) groups is 3. The van der Waals surface area contributed by atoms with Gasteiger partial charge in [0.2, 0.25) is 5.91 Å². The molecule has 6 heteroatoms. The minimum Gasteiger partial charge on any atom is -0.457 e. The van der Waals surface area contributed by atoms with Crippen LogP contribution in [0.25, 0.3) is 0 Å². The summed E-state index contributed by atoms with van der Waals surface area (Å²) >= 11 is 1.21. The molecule has 0 aliphatic heterocycles. The molecule has 4 aliphatic rings. The Morgan fingerprint density at radius 2 is 1.59 bits per heavy atom. The maximum absolute atomic E-state index is 12.9. The van der Waals surface area contributed by atoms with E-state index in [9.17, 15) is 14.4 Å². The molecule has 0 radical (unpaired) electrons. The SMILES string of the molecule is Cc1ccc(NC(=O)CSCC(=O)OCC(=O)C23CC4CC(CC(C4)C2)C3)cc1. The summed E-state index contributed by atoms with van der Waals surface area (Å²) in [4.78, 5) is 36.9. The van der Waals surface area contributed by atoms with Crippen molar-refractivity contribution in [3.05, 3.63) is 29.8 Å². The number of Topliss-reactive ketones (excluding diaryl/α,β-unsaturated/α-hetero) is 1. The molecule has 4 bridgehead atoms. The molecule has 29 heavy (non-hydrogen) atoms. The lowest BCUT2D eigenvalue weighted by molar-refractivity contribution is -0.156. The van der Waals surface area contributed by atoms with Crippen LogP contribution in [0, 0.1) is 30.1 Å². The van der Waals surface area contributed by atoms with Gasteiger partial charge in [-0.3, -0.25) is 14.4 Å². The first-order chi connectivity index (χ1) is 13.9. The van der Waals surface area contributed by atoms with Gasteiger partial charge in [0, 0.05) is 11.1 Å². The lowest BCUT2D eigenvalue weighted by atomic mass is 9.48. The summed E-state index contributed by atoms with van der Waals surface area (Å²) < 4.78 is 5.27. The molecule has 4 fully saturated rings. The zero-order chi connectivity index (χ0) is 20.4. The molecule has 5 nitrogen and oxygen atoms in total. The van der Waals surface area contributed by atoms with E-state index in [4.69, 9.17) is 4.74 Å². The highest BCUT2D eigenvalue weighted by atomic mass is 32.2. The Kier molecular flexibility index (Phi) is 6.00. The van der Waals surface area contributed by atoms with E-state index in [1.807, 2.05) is 31.2 Å². The molecular formula is C23H29NO4S. The number of nitrogens with one attached hydrogen (secondary N) is 1.